The van der Waals surface area contributed by atoms with E-state index in [2.05, 4.69) is 0 Å². The maximum absolute atomic E-state index is 12.0. The molecule has 2 N–H and O–H groups in total. The summed E-state index contributed by atoms with van der Waals surface area (Å²) >= 11 is 0. The van der Waals surface area contributed by atoms with E-state index in [1.807, 2.05) is 0 Å². The van der Waals surface area contributed by atoms with Crippen LogP contribution in [0.1, 0.15) is 24.2 Å². The summed E-state index contributed by atoms with van der Waals surface area (Å²) in [7, 11) is 0. The number of phenols is 1. The Balaban J connectivity index is 2.91. The first-order chi connectivity index (χ1) is 7.91. The van der Waals surface area contributed by atoms with Gasteiger partial charge in [-0.2, -0.15) is 0 Å². The minimum absolute atomic E-state index is 0.0656. The van der Waals surface area contributed by atoms with Crippen LogP contribution in [0.25, 0.3) is 0 Å². The van der Waals surface area contributed by atoms with Gasteiger partial charge < -0.3 is 15.1 Å². The lowest BCUT2D eigenvalue weighted by molar-refractivity contribution is -0.138. The van der Waals surface area contributed by atoms with Gasteiger partial charge in [-0.05, 0) is 38.1 Å². The van der Waals surface area contributed by atoms with Crippen molar-refractivity contribution in [1.82, 2.24) is 4.90 Å². The van der Waals surface area contributed by atoms with Crippen molar-refractivity contribution < 1.29 is 19.8 Å². The van der Waals surface area contributed by atoms with Gasteiger partial charge in [0.15, 0.2) is 0 Å². The molecular weight excluding hydrogens is 222 g/mol. The molecule has 0 heterocycles. The fraction of sp³-hybridized carbons (Fsp3) is 0.333. The van der Waals surface area contributed by atoms with Gasteiger partial charge >= 0.3 is 5.97 Å². The van der Waals surface area contributed by atoms with Crippen molar-refractivity contribution in [3.8, 4) is 5.75 Å². The monoisotopic (exact) mass is 237 g/mol. The van der Waals surface area contributed by atoms with Crippen LogP contribution >= 0.6 is 0 Å². The number of aromatic hydroxyl groups is 1. The van der Waals surface area contributed by atoms with Crippen LogP contribution in [0.5, 0.6) is 5.75 Å². The largest absolute Gasteiger partial charge is 0.508 e. The smallest absolute Gasteiger partial charge is 0.323 e. The fourth-order valence-electron chi connectivity index (χ4n) is 1.40. The van der Waals surface area contributed by atoms with E-state index in [-0.39, 0.29) is 24.2 Å². The molecule has 0 aromatic heterocycles. The summed E-state index contributed by atoms with van der Waals surface area (Å²) < 4.78 is 0. The molecular formula is C12H15NO4. The predicted molar refractivity (Wildman–Crippen MR) is 61.9 cm³/mol. The van der Waals surface area contributed by atoms with Crippen molar-refractivity contribution in [3.05, 3.63) is 29.8 Å². The molecule has 0 aliphatic heterocycles. The third-order valence-electron chi connectivity index (χ3n) is 2.30. The van der Waals surface area contributed by atoms with E-state index in [1.165, 1.54) is 29.2 Å². The number of amides is 1. The zero-order chi connectivity index (χ0) is 13.0. The number of phenolic OH excluding ortho intramolecular Hbond substituents is 1. The second-order valence-electron chi connectivity index (χ2n) is 3.97. The van der Waals surface area contributed by atoms with Crippen molar-refractivity contribution in [2.24, 2.45) is 0 Å². The highest BCUT2D eigenvalue weighted by molar-refractivity contribution is 5.96. The SMILES string of the molecule is CC(C)N(CC(=O)O)C(=O)c1ccc(O)cc1. The van der Waals surface area contributed by atoms with Gasteiger partial charge in [-0.15, -0.1) is 0 Å². The first kappa shape index (κ1) is 13.0. The molecule has 17 heavy (non-hydrogen) atoms. The highest BCUT2D eigenvalue weighted by Crippen LogP contribution is 2.13. The van der Waals surface area contributed by atoms with Gasteiger partial charge in [-0.1, -0.05) is 0 Å². The Labute approximate surface area is 99.3 Å². The van der Waals surface area contributed by atoms with Crippen molar-refractivity contribution in [2.75, 3.05) is 6.54 Å². The van der Waals surface area contributed by atoms with Gasteiger partial charge in [0.25, 0.3) is 5.91 Å². The number of benzene rings is 1. The Morgan fingerprint density at radius 1 is 1.24 bits per heavy atom. The molecule has 1 aromatic carbocycles. The molecule has 0 unspecified atom stereocenters. The summed E-state index contributed by atoms with van der Waals surface area (Å²) in [5.41, 5.74) is 0.359. The number of carboxylic acid groups (broad SMARTS) is 1. The normalized spacial score (nSPS) is 10.3. The minimum Gasteiger partial charge on any atom is -0.508 e. The molecule has 5 heteroatoms. The number of carbonyl (C=O) groups excluding carboxylic acids is 1. The van der Waals surface area contributed by atoms with E-state index in [0.717, 1.165) is 0 Å². The molecule has 0 spiro atoms. The summed E-state index contributed by atoms with van der Waals surface area (Å²) in [6.45, 7) is 3.17. The molecule has 0 aliphatic rings. The van der Waals surface area contributed by atoms with Gasteiger partial charge in [0.1, 0.15) is 12.3 Å². The molecule has 0 fully saturated rings. The van der Waals surface area contributed by atoms with Crippen LogP contribution < -0.4 is 0 Å². The van der Waals surface area contributed by atoms with E-state index in [9.17, 15) is 9.59 Å². The lowest BCUT2D eigenvalue weighted by Crippen LogP contribution is -2.40. The Bertz CT molecular complexity index is 411. The number of aliphatic carboxylic acids is 1. The van der Waals surface area contributed by atoms with Crippen LogP contribution in [0.2, 0.25) is 0 Å². The van der Waals surface area contributed by atoms with Crippen LogP contribution in [0.15, 0.2) is 24.3 Å². The first-order valence-corrected chi connectivity index (χ1v) is 5.23. The van der Waals surface area contributed by atoms with E-state index < -0.39 is 5.97 Å². The Morgan fingerprint density at radius 2 is 1.76 bits per heavy atom. The second-order valence-corrected chi connectivity index (χ2v) is 3.97. The Hall–Kier alpha value is -2.04. The fourth-order valence-corrected chi connectivity index (χ4v) is 1.40. The zero-order valence-corrected chi connectivity index (χ0v) is 9.75. The maximum atomic E-state index is 12.0. The average molecular weight is 237 g/mol. The van der Waals surface area contributed by atoms with Crippen molar-refractivity contribution in [3.63, 3.8) is 0 Å². The summed E-state index contributed by atoms with van der Waals surface area (Å²) in [4.78, 5) is 23.9. The van der Waals surface area contributed by atoms with Gasteiger partial charge in [0, 0.05) is 11.6 Å². The summed E-state index contributed by atoms with van der Waals surface area (Å²) in [6, 6.07) is 5.52. The quantitative estimate of drug-likeness (QED) is 0.828. The molecule has 0 radical (unpaired) electrons. The van der Waals surface area contributed by atoms with E-state index in [4.69, 9.17) is 10.2 Å². The van der Waals surface area contributed by atoms with E-state index in [0.29, 0.717) is 5.56 Å². The number of rotatable bonds is 4. The predicted octanol–water partition coefficient (Wildman–Crippen LogP) is 1.33. The number of carbonyl (C=O) groups is 2. The number of hydrogen-bond acceptors (Lipinski definition) is 3. The highest BCUT2D eigenvalue weighted by Gasteiger charge is 2.20. The minimum atomic E-state index is -1.05. The second kappa shape index (κ2) is 5.34. The number of nitrogens with zero attached hydrogens (tertiary/aromatic N) is 1. The Kier molecular flexibility index (Phi) is 4.09. The lowest BCUT2D eigenvalue weighted by atomic mass is 10.1. The van der Waals surface area contributed by atoms with Gasteiger partial charge in [-0.3, -0.25) is 9.59 Å². The average Bonchev–Trinajstić information content (AvgIpc) is 2.25. The molecule has 0 atom stereocenters. The molecule has 5 nitrogen and oxygen atoms in total. The van der Waals surface area contributed by atoms with Crippen LogP contribution in [0.4, 0.5) is 0 Å². The molecule has 92 valence electrons. The topological polar surface area (TPSA) is 77.8 Å². The first-order valence-electron chi connectivity index (χ1n) is 5.23. The standard InChI is InChI=1S/C12H15NO4/c1-8(2)13(7-11(15)16)12(17)9-3-5-10(14)6-4-9/h3-6,8,14H,7H2,1-2H3,(H,15,16). The third-order valence-corrected chi connectivity index (χ3v) is 2.30. The summed E-state index contributed by atoms with van der Waals surface area (Å²) in [5.74, 6) is -1.34. The zero-order valence-electron chi connectivity index (χ0n) is 9.75. The van der Waals surface area contributed by atoms with Crippen molar-refractivity contribution in [1.29, 1.82) is 0 Å². The molecule has 1 rings (SSSR count). The molecule has 1 amide bonds. The maximum Gasteiger partial charge on any atom is 0.323 e. The number of hydrogen-bond donors (Lipinski definition) is 2. The third kappa shape index (κ3) is 3.48. The molecule has 0 aliphatic carbocycles. The van der Waals surface area contributed by atoms with Crippen LogP contribution in [0, 0.1) is 0 Å². The Morgan fingerprint density at radius 3 is 2.18 bits per heavy atom. The van der Waals surface area contributed by atoms with Crippen LogP contribution in [0.3, 0.4) is 0 Å². The molecule has 0 saturated heterocycles. The number of carboxylic acids is 1. The van der Waals surface area contributed by atoms with Gasteiger partial charge in [-0.25, -0.2) is 0 Å². The molecule has 1 aromatic rings. The van der Waals surface area contributed by atoms with Crippen LogP contribution in [-0.2, 0) is 4.79 Å². The van der Waals surface area contributed by atoms with E-state index in [1.54, 1.807) is 13.8 Å². The lowest BCUT2D eigenvalue weighted by Gasteiger charge is -2.24. The highest BCUT2D eigenvalue weighted by atomic mass is 16.4. The molecule has 0 bridgehead atoms. The van der Waals surface area contributed by atoms with Gasteiger partial charge in [0.05, 0.1) is 0 Å². The van der Waals surface area contributed by atoms with Crippen molar-refractivity contribution in [2.45, 2.75) is 19.9 Å². The van der Waals surface area contributed by atoms with Crippen LogP contribution in [-0.4, -0.2) is 39.6 Å². The van der Waals surface area contributed by atoms with Gasteiger partial charge in [0.2, 0.25) is 0 Å². The molecule has 0 saturated carbocycles. The van der Waals surface area contributed by atoms with E-state index >= 15 is 0 Å². The summed E-state index contributed by atoms with van der Waals surface area (Å²) in [5, 5.41) is 17.9. The summed E-state index contributed by atoms with van der Waals surface area (Å²) in [6.07, 6.45) is 0. The van der Waals surface area contributed by atoms with Crippen molar-refractivity contribution >= 4 is 11.9 Å².